The van der Waals surface area contributed by atoms with Crippen molar-refractivity contribution in [1.82, 2.24) is 4.98 Å². The van der Waals surface area contributed by atoms with Gasteiger partial charge in [0.15, 0.2) is 5.84 Å². The quantitative estimate of drug-likeness (QED) is 0.351. The molecular weight excluding hydrogens is 299 g/mol. The summed E-state index contributed by atoms with van der Waals surface area (Å²) in [5, 5.41) is 15.9. The van der Waals surface area contributed by atoms with Gasteiger partial charge in [0.05, 0.1) is 10.7 Å². The Labute approximate surface area is 126 Å². The molecule has 0 spiro atoms. The Kier molecular flexibility index (Phi) is 4.65. The van der Waals surface area contributed by atoms with Crippen molar-refractivity contribution in [1.29, 1.82) is 0 Å². The summed E-state index contributed by atoms with van der Waals surface area (Å²) in [6, 6.07) is 8.73. The number of anilines is 1. The Morgan fingerprint density at radius 3 is 2.85 bits per heavy atom. The second-order valence-electron chi connectivity index (χ2n) is 4.01. The van der Waals surface area contributed by atoms with E-state index in [1.165, 1.54) is 0 Å². The van der Waals surface area contributed by atoms with E-state index in [1.54, 1.807) is 30.5 Å². The maximum Gasteiger partial charge on any atom is 0.188 e. The number of rotatable bonds is 4. The van der Waals surface area contributed by atoms with E-state index in [9.17, 15) is 0 Å². The maximum atomic E-state index is 8.63. The van der Waals surface area contributed by atoms with Crippen molar-refractivity contribution in [2.24, 2.45) is 10.9 Å². The number of hydrogen-bond acceptors (Lipinski definition) is 4. The summed E-state index contributed by atoms with van der Waals surface area (Å²) in [7, 11) is 0. The minimum atomic E-state index is -0.0346. The normalized spacial score (nSPS) is 11.4. The highest BCUT2D eigenvalue weighted by molar-refractivity contribution is 6.35. The Hall–Kier alpha value is -1.98. The zero-order valence-electron chi connectivity index (χ0n) is 10.3. The third-order valence-electron chi connectivity index (χ3n) is 2.61. The summed E-state index contributed by atoms with van der Waals surface area (Å²) in [5.41, 5.74) is 7.55. The molecule has 104 valence electrons. The fraction of sp³-hybridized carbons (Fsp3) is 0.0769. The second-order valence-corrected chi connectivity index (χ2v) is 4.86. The first-order valence-corrected chi connectivity index (χ1v) is 6.47. The fourth-order valence-corrected chi connectivity index (χ4v) is 1.96. The summed E-state index contributed by atoms with van der Waals surface area (Å²) < 4.78 is 0. The number of nitrogens with zero attached hydrogens (tertiary/aromatic N) is 2. The SMILES string of the molecule is NC(=NO)c1cc(CNc2cc(Cl)ccc2Cl)ccn1. The van der Waals surface area contributed by atoms with Crippen molar-refractivity contribution in [3.8, 4) is 0 Å². The van der Waals surface area contributed by atoms with E-state index in [0.29, 0.717) is 22.3 Å². The molecule has 1 aromatic heterocycles. The predicted octanol–water partition coefficient (Wildman–Crippen LogP) is 3.10. The molecule has 0 unspecified atom stereocenters. The summed E-state index contributed by atoms with van der Waals surface area (Å²) >= 11 is 12.0. The van der Waals surface area contributed by atoms with Crippen LogP contribution in [0.2, 0.25) is 10.0 Å². The Morgan fingerprint density at radius 2 is 2.10 bits per heavy atom. The lowest BCUT2D eigenvalue weighted by Gasteiger charge is -2.09. The zero-order chi connectivity index (χ0) is 14.5. The summed E-state index contributed by atoms with van der Waals surface area (Å²) in [6.07, 6.45) is 1.59. The number of halogens is 2. The molecule has 2 rings (SSSR count). The van der Waals surface area contributed by atoms with Crippen molar-refractivity contribution in [2.75, 3.05) is 5.32 Å². The summed E-state index contributed by atoms with van der Waals surface area (Å²) in [6.45, 7) is 0.508. The zero-order valence-corrected chi connectivity index (χ0v) is 11.9. The average Bonchev–Trinajstić information content (AvgIpc) is 2.47. The molecule has 0 saturated heterocycles. The standard InChI is InChI=1S/C13H12Cl2N4O/c14-9-1-2-10(15)11(6-9)18-7-8-3-4-17-12(5-8)13(16)19-20/h1-6,18,20H,7H2,(H2,16,19). The smallest absolute Gasteiger partial charge is 0.188 e. The van der Waals surface area contributed by atoms with Gasteiger partial charge >= 0.3 is 0 Å². The first-order chi connectivity index (χ1) is 9.60. The molecule has 0 bridgehead atoms. The predicted molar refractivity (Wildman–Crippen MR) is 80.5 cm³/mol. The largest absolute Gasteiger partial charge is 0.409 e. The van der Waals surface area contributed by atoms with Crippen LogP contribution < -0.4 is 11.1 Å². The number of amidine groups is 1. The van der Waals surface area contributed by atoms with Crippen LogP contribution in [0.25, 0.3) is 0 Å². The molecular formula is C13H12Cl2N4O. The molecule has 0 amide bonds. The Balaban J connectivity index is 2.13. The second kappa shape index (κ2) is 6.45. The molecule has 0 atom stereocenters. The molecule has 0 radical (unpaired) electrons. The van der Waals surface area contributed by atoms with Gasteiger partial charge in [0.2, 0.25) is 0 Å². The molecule has 7 heteroatoms. The molecule has 0 aliphatic carbocycles. The van der Waals surface area contributed by atoms with Crippen molar-refractivity contribution < 1.29 is 5.21 Å². The number of pyridine rings is 1. The minimum Gasteiger partial charge on any atom is -0.409 e. The van der Waals surface area contributed by atoms with Gasteiger partial charge in [0.1, 0.15) is 5.69 Å². The highest BCUT2D eigenvalue weighted by atomic mass is 35.5. The van der Waals surface area contributed by atoms with Gasteiger partial charge in [-0.2, -0.15) is 0 Å². The van der Waals surface area contributed by atoms with Gasteiger partial charge in [-0.1, -0.05) is 28.4 Å². The highest BCUT2D eigenvalue weighted by Gasteiger charge is 2.04. The molecule has 1 heterocycles. The average molecular weight is 311 g/mol. The maximum absolute atomic E-state index is 8.63. The van der Waals surface area contributed by atoms with Crippen molar-refractivity contribution in [2.45, 2.75) is 6.54 Å². The van der Waals surface area contributed by atoms with E-state index < -0.39 is 0 Å². The molecule has 5 nitrogen and oxygen atoms in total. The van der Waals surface area contributed by atoms with E-state index in [1.807, 2.05) is 6.07 Å². The third kappa shape index (κ3) is 3.53. The van der Waals surface area contributed by atoms with Crippen molar-refractivity contribution in [3.63, 3.8) is 0 Å². The van der Waals surface area contributed by atoms with E-state index in [2.05, 4.69) is 15.5 Å². The molecule has 4 N–H and O–H groups in total. The van der Waals surface area contributed by atoms with Gasteiger partial charge in [-0.15, -0.1) is 0 Å². The molecule has 0 aliphatic rings. The number of nitrogens with two attached hydrogens (primary N) is 1. The van der Waals surface area contributed by atoms with Crippen LogP contribution in [0, 0.1) is 0 Å². The van der Waals surface area contributed by atoms with Crippen LogP contribution in [0.3, 0.4) is 0 Å². The lowest BCUT2D eigenvalue weighted by Crippen LogP contribution is -2.15. The molecule has 2 aromatic rings. The van der Waals surface area contributed by atoms with E-state index in [4.69, 9.17) is 34.1 Å². The molecule has 1 aromatic carbocycles. The van der Waals surface area contributed by atoms with Crippen LogP contribution in [0.4, 0.5) is 5.69 Å². The van der Waals surface area contributed by atoms with Gasteiger partial charge in [-0.25, -0.2) is 0 Å². The fourth-order valence-electron chi connectivity index (χ4n) is 1.61. The number of aromatic nitrogens is 1. The topological polar surface area (TPSA) is 83.5 Å². The highest BCUT2D eigenvalue weighted by Crippen LogP contribution is 2.25. The number of oxime groups is 1. The lowest BCUT2D eigenvalue weighted by molar-refractivity contribution is 0.318. The summed E-state index contributed by atoms with van der Waals surface area (Å²) in [5.74, 6) is -0.0346. The van der Waals surface area contributed by atoms with Gasteiger partial charge in [0.25, 0.3) is 0 Å². The first kappa shape index (κ1) is 14.4. The number of benzene rings is 1. The van der Waals surface area contributed by atoms with Gasteiger partial charge in [-0.3, -0.25) is 4.98 Å². The van der Waals surface area contributed by atoms with E-state index in [-0.39, 0.29) is 5.84 Å². The van der Waals surface area contributed by atoms with Crippen LogP contribution in [0.15, 0.2) is 41.7 Å². The van der Waals surface area contributed by atoms with Crippen LogP contribution >= 0.6 is 23.2 Å². The van der Waals surface area contributed by atoms with Gasteiger partial charge in [0, 0.05) is 17.8 Å². The van der Waals surface area contributed by atoms with Gasteiger partial charge in [-0.05, 0) is 35.9 Å². The van der Waals surface area contributed by atoms with Crippen LogP contribution in [-0.2, 0) is 6.54 Å². The van der Waals surface area contributed by atoms with Crippen molar-refractivity contribution in [3.05, 3.63) is 57.8 Å². The Bertz CT molecular complexity index is 646. The number of hydrogen-bond donors (Lipinski definition) is 3. The van der Waals surface area contributed by atoms with Crippen LogP contribution in [0.5, 0.6) is 0 Å². The minimum absolute atomic E-state index is 0.0346. The Morgan fingerprint density at radius 1 is 1.30 bits per heavy atom. The van der Waals surface area contributed by atoms with Gasteiger partial charge < -0.3 is 16.3 Å². The summed E-state index contributed by atoms with van der Waals surface area (Å²) in [4.78, 5) is 4.01. The molecule has 20 heavy (non-hydrogen) atoms. The lowest BCUT2D eigenvalue weighted by atomic mass is 10.2. The molecule has 0 aliphatic heterocycles. The van der Waals surface area contributed by atoms with E-state index in [0.717, 1.165) is 11.3 Å². The van der Waals surface area contributed by atoms with Crippen LogP contribution in [0.1, 0.15) is 11.3 Å². The first-order valence-electron chi connectivity index (χ1n) is 5.72. The van der Waals surface area contributed by atoms with Crippen LogP contribution in [-0.4, -0.2) is 16.0 Å². The molecule has 0 fully saturated rings. The third-order valence-corrected chi connectivity index (χ3v) is 3.17. The van der Waals surface area contributed by atoms with E-state index >= 15 is 0 Å². The monoisotopic (exact) mass is 310 g/mol. The number of nitrogens with one attached hydrogen (secondary N) is 1. The molecule has 0 saturated carbocycles. The van der Waals surface area contributed by atoms with Crippen molar-refractivity contribution >= 4 is 34.7 Å².